The molecule has 1 atom stereocenters. The van der Waals surface area contributed by atoms with Crippen LogP contribution in [0.4, 0.5) is 0 Å². The number of nitrogens with zero attached hydrogens (tertiary/aromatic N) is 2. The van der Waals surface area contributed by atoms with Crippen LogP contribution >= 0.6 is 0 Å². The molecule has 1 heterocycles. The summed E-state index contributed by atoms with van der Waals surface area (Å²) in [5.41, 5.74) is 2.10. The minimum absolute atomic E-state index is 0.0473. The maximum absolute atomic E-state index is 5.92. The van der Waals surface area contributed by atoms with Crippen LogP contribution < -0.4 is 20.1 Å². The van der Waals surface area contributed by atoms with Crippen LogP contribution in [-0.2, 0) is 6.54 Å². The fourth-order valence-corrected chi connectivity index (χ4v) is 2.79. The van der Waals surface area contributed by atoms with E-state index < -0.39 is 0 Å². The Morgan fingerprint density at radius 2 is 1.90 bits per heavy atom. The lowest BCUT2D eigenvalue weighted by molar-refractivity contribution is 0.223. The molecule has 3 N–H and O–H groups in total. The molecule has 7 heteroatoms. The highest BCUT2D eigenvalue weighted by atomic mass is 16.5. The van der Waals surface area contributed by atoms with Crippen LogP contribution in [0.2, 0.25) is 0 Å². The van der Waals surface area contributed by atoms with Crippen molar-refractivity contribution in [1.29, 1.82) is 0 Å². The molecule has 152 valence electrons. The van der Waals surface area contributed by atoms with Crippen LogP contribution in [0.1, 0.15) is 12.7 Å². The first-order chi connectivity index (χ1) is 14.2. The molecule has 1 aromatic heterocycles. The van der Waals surface area contributed by atoms with Crippen molar-refractivity contribution in [3.05, 3.63) is 66.6 Å². The van der Waals surface area contributed by atoms with E-state index >= 15 is 0 Å². The Hall–Kier alpha value is -3.48. The fourth-order valence-electron chi connectivity index (χ4n) is 2.79. The average Bonchev–Trinajstić information content (AvgIpc) is 3.24. The number of aromatic amines is 1. The van der Waals surface area contributed by atoms with Gasteiger partial charge in [-0.1, -0.05) is 36.4 Å². The predicted octanol–water partition coefficient (Wildman–Crippen LogP) is 3.22. The highest BCUT2D eigenvalue weighted by molar-refractivity contribution is 5.79. The molecule has 2 aromatic carbocycles. The number of H-pyrrole nitrogens is 1. The van der Waals surface area contributed by atoms with E-state index in [1.165, 1.54) is 0 Å². The molecule has 0 aliphatic carbocycles. The van der Waals surface area contributed by atoms with Gasteiger partial charge < -0.3 is 25.1 Å². The van der Waals surface area contributed by atoms with Crippen molar-refractivity contribution in [2.45, 2.75) is 19.6 Å². The topological polar surface area (TPSA) is 83.6 Å². The second kappa shape index (κ2) is 10.2. The second-order valence-electron chi connectivity index (χ2n) is 6.52. The molecule has 3 aromatic rings. The third-order valence-electron chi connectivity index (χ3n) is 4.30. The molecule has 3 rings (SSSR count). The minimum Gasteiger partial charge on any atom is -0.497 e. The van der Waals surface area contributed by atoms with Gasteiger partial charge >= 0.3 is 0 Å². The number of aliphatic imine (C=N–C) groups is 1. The Labute approximate surface area is 171 Å². The molecule has 0 radical (unpaired) electrons. The van der Waals surface area contributed by atoms with Gasteiger partial charge in [0.1, 0.15) is 23.4 Å². The summed E-state index contributed by atoms with van der Waals surface area (Å²) in [6, 6.07) is 17.7. The average molecular weight is 393 g/mol. The largest absolute Gasteiger partial charge is 0.497 e. The maximum atomic E-state index is 5.92. The number of imidazole rings is 1. The molecule has 0 spiro atoms. The highest BCUT2D eigenvalue weighted by Crippen LogP contribution is 2.19. The van der Waals surface area contributed by atoms with Gasteiger partial charge in [-0.25, -0.2) is 4.98 Å². The monoisotopic (exact) mass is 393 g/mol. The van der Waals surface area contributed by atoms with Gasteiger partial charge in [0.25, 0.3) is 0 Å². The zero-order valence-corrected chi connectivity index (χ0v) is 17.0. The van der Waals surface area contributed by atoms with Crippen molar-refractivity contribution in [1.82, 2.24) is 20.6 Å². The van der Waals surface area contributed by atoms with Gasteiger partial charge in [0.15, 0.2) is 5.96 Å². The van der Waals surface area contributed by atoms with Crippen molar-refractivity contribution in [2.75, 3.05) is 20.7 Å². The molecule has 0 bridgehead atoms. The van der Waals surface area contributed by atoms with E-state index in [2.05, 4.69) is 37.7 Å². The van der Waals surface area contributed by atoms with Crippen molar-refractivity contribution in [3.63, 3.8) is 0 Å². The molecule has 0 amide bonds. The molecule has 0 aliphatic heterocycles. The lowest BCUT2D eigenvalue weighted by Crippen LogP contribution is -2.41. The van der Waals surface area contributed by atoms with E-state index in [1.54, 1.807) is 14.2 Å². The van der Waals surface area contributed by atoms with Gasteiger partial charge in [0.05, 0.1) is 32.1 Å². The number of hydrogen-bond acceptors (Lipinski definition) is 4. The Kier molecular flexibility index (Phi) is 7.10. The van der Waals surface area contributed by atoms with E-state index in [-0.39, 0.29) is 6.10 Å². The molecule has 0 fully saturated rings. The Morgan fingerprint density at radius 1 is 1.10 bits per heavy atom. The summed E-state index contributed by atoms with van der Waals surface area (Å²) < 4.78 is 11.1. The zero-order chi connectivity index (χ0) is 20.5. The van der Waals surface area contributed by atoms with Crippen LogP contribution in [0.5, 0.6) is 11.5 Å². The van der Waals surface area contributed by atoms with E-state index in [9.17, 15) is 0 Å². The predicted molar refractivity (Wildman–Crippen MR) is 115 cm³/mol. The molecule has 0 aliphatic rings. The van der Waals surface area contributed by atoms with E-state index in [0.717, 1.165) is 28.6 Å². The van der Waals surface area contributed by atoms with Crippen LogP contribution in [0, 0.1) is 0 Å². The summed E-state index contributed by atoms with van der Waals surface area (Å²) in [6.45, 7) is 3.14. The van der Waals surface area contributed by atoms with Crippen LogP contribution in [0.25, 0.3) is 11.3 Å². The molecule has 0 saturated carbocycles. The molecule has 7 nitrogen and oxygen atoms in total. The van der Waals surface area contributed by atoms with E-state index in [1.807, 2.05) is 55.6 Å². The molecular formula is C22H27N5O2. The number of guanidine groups is 1. The number of aromatic nitrogens is 2. The van der Waals surface area contributed by atoms with Crippen molar-refractivity contribution >= 4 is 5.96 Å². The van der Waals surface area contributed by atoms with Crippen molar-refractivity contribution in [2.24, 2.45) is 4.99 Å². The van der Waals surface area contributed by atoms with Gasteiger partial charge in [0, 0.05) is 13.1 Å². The van der Waals surface area contributed by atoms with Gasteiger partial charge in [-0.15, -0.1) is 0 Å². The number of benzene rings is 2. The minimum atomic E-state index is -0.0473. The summed E-state index contributed by atoms with van der Waals surface area (Å²) in [5, 5.41) is 6.53. The first-order valence-electron chi connectivity index (χ1n) is 9.52. The Bertz CT molecular complexity index is 924. The Morgan fingerprint density at radius 3 is 2.66 bits per heavy atom. The van der Waals surface area contributed by atoms with Crippen molar-refractivity contribution in [3.8, 4) is 22.8 Å². The first-order valence-corrected chi connectivity index (χ1v) is 9.52. The fraction of sp³-hybridized carbons (Fsp3) is 0.273. The summed E-state index contributed by atoms with van der Waals surface area (Å²) in [4.78, 5) is 12.0. The normalized spacial score (nSPS) is 12.3. The highest BCUT2D eigenvalue weighted by Gasteiger charge is 2.08. The first kappa shape index (κ1) is 20.3. The van der Waals surface area contributed by atoms with Crippen molar-refractivity contribution < 1.29 is 9.47 Å². The van der Waals surface area contributed by atoms with E-state index in [0.29, 0.717) is 19.0 Å². The SMILES string of the molecule is CN=C(NCc1ncc(-c2ccccc2)[nH]1)NCC(C)Oc1cccc(OC)c1. The summed E-state index contributed by atoms with van der Waals surface area (Å²) in [6.07, 6.45) is 1.79. The molecule has 29 heavy (non-hydrogen) atoms. The summed E-state index contributed by atoms with van der Waals surface area (Å²) in [5.74, 6) is 3.07. The van der Waals surface area contributed by atoms with Crippen LogP contribution in [0.15, 0.2) is 65.8 Å². The zero-order valence-electron chi connectivity index (χ0n) is 17.0. The second-order valence-corrected chi connectivity index (χ2v) is 6.52. The van der Waals surface area contributed by atoms with Crippen LogP contribution in [-0.4, -0.2) is 42.7 Å². The lowest BCUT2D eigenvalue weighted by atomic mass is 10.2. The number of ether oxygens (including phenoxy) is 2. The number of hydrogen-bond donors (Lipinski definition) is 3. The standard InChI is InChI=1S/C22H27N5O2/c1-16(29-19-11-7-10-18(12-19)28-3)13-25-22(23-2)26-15-21-24-14-20(27-21)17-8-5-4-6-9-17/h4-12,14,16H,13,15H2,1-3H3,(H,24,27)(H2,23,25,26). The third-order valence-corrected chi connectivity index (χ3v) is 4.30. The summed E-state index contributed by atoms with van der Waals surface area (Å²) in [7, 11) is 3.38. The maximum Gasteiger partial charge on any atom is 0.191 e. The van der Waals surface area contributed by atoms with E-state index in [4.69, 9.17) is 9.47 Å². The van der Waals surface area contributed by atoms with Gasteiger partial charge in [-0.2, -0.15) is 0 Å². The summed E-state index contributed by atoms with van der Waals surface area (Å²) >= 11 is 0. The quantitative estimate of drug-likeness (QED) is 0.404. The smallest absolute Gasteiger partial charge is 0.191 e. The molecule has 1 unspecified atom stereocenters. The van der Waals surface area contributed by atoms with Gasteiger partial charge in [0.2, 0.25) is 0 Å². The number of methoxy groups -OCH3 is 1. The molecular weight excluding hydrogens is 366 g/mol. The van der Waals surface area contributed by atoms with Gasteiger partial charge in [-0.3, -0.25) is 4.99 Å². The number of rotatable bonds is 8. The van der Waals surface area contributed by atoms with Gasteiger partial charge in [-0.05, 0) is 24.6 Å². The van der Waals surface area contributed by atoms with Crippen LogP contribution in [0.3, 0.4) is 0 Å². The molecule has 0 saturated heterocycles. The Balaban J connectivity index is 1.46. The number of nitrogens with one attached hydrogen (secondary N) is 3. The lowest BCUT2D eigenvalue weighted by Gasteiger charge is -2.17. The third kappa shape index (κ3) is 6.00.